The van der Waals surface area contributed by atoms with Crippen molar-refractivity contribution in [3.8, 4) is 0 Å². The van der Waals surface area contributed by atoms with Gasteiger partial charge in [0.15, 0.2) is 0 Å². The Hall–Kier alpha value is -1.34. The van der Waals surface area contributed by atoms with Crippen LogP contribution in [0, 0.1) is 6.92 Å². The number of amides is 1. The van der Waals surface area contributed by atoms with Gasteiger partial charge < -0.3 is 11.1 Å². The van der Waals surface area contributed by atoms with Crippen molar-refractivity contribution < 1.29 is 4.79 Å². The molecule has 1 amide bonds. The molecule has 0 radical (unpaired) electrons. The molecule has 2 aromatic rings. The van der Waals surface area contributed by atoms with Crippen LogP contribution in [0.25, 0.3) is 0 Å². The van der Waals surface area contributed by atoms with Gasteiger partial charge in [-0.05, 0) is 35.0 Å². The Morgan fingerprint density at radius 1 is 1.44 bits per heavy atom. The largest absolute Gasteiger partial charge is 0.397 e. The number of benzene rings is 1. The molecule has 0 atom stereocenters. The van der Waals surface area contributed by atoms with Gasteiger partial charge in [-0.2, -0.15) is 5.10 Å². The van der Waals surface area contributed by atoms with Gasteiger partial charge in [0.05, 0.1) is 23.1 Å². The second kappa shape index (κ2) is 5.11. The highest BCUT2D eigenvalue weighted by Gasteiger charge is 2.14. The number of carbonyl (C=O) groups is 1. The zero-order valence-corrected chi connectivity index (χ0v) is 12.6. The van der Waals surface area contributed by atoms with Crippen molar-refractivity contribution in [1.82, 2.24) is 10.2 Å². The number of aromatic amines is 1. The van der Waals surface area contributed by atoms with E-state index in [1.807, 2.05) is 6.07 Å². The lowest BCUT2D eigenvalue weighted by molar-refractivity contribution is 0.102. The molecular formula is C11H10Br2N4O. The number of nitrogens with two attached hydrogens (primary N) is 1. The van der Waals surface area contributed by atoms with Gasteiger partial charge >= 0.3 is 0 Å². The van der Waals surface area contributed by atoms with E-state index in [1.54, 1.807) is 13.0 Å². The summed E-state index contributed by atoms with van der Waals surface area (Å²) < 4.78 is 1.55. The van der Waals surface area contributed by atoms with Crippen LogP contribution in [-0.4, -0.2) is 16.1 Å². The van der Waals surface area contributed by atoms with Crippen LogP contribution in [0.5, 0.6) is 0 Å². The zero-order chi connectivity index (χ0) is 13.3. The minimum absolute atomic E-state index is 0.254. The summed E-state index contributed by atoms with van der Waals surface area (Å²) in [6.07, 6.45) is 1.48. The van der Waals surface area contributed by atoms with Gasteiger partial charge in [0, 0.05) is 14.6 Å². The fourth-order valence-electron chi connectivity index (χ4n) is 1.49. The van der Waals surface area contributed by atoms with E-state index >= 15 is 0 Å². The number of nitrogens with zero attached hydrogens (tertiary/aromatic N) is 1. The SMILES string of the molecule is Cc1[nH]ncc1C(=O)Nc1c(N)cc(Br)cc1Br. The third-order valence-corrected chi connectivity index (χ3v) is 3.48. The molecule has 94 valence electrons. The summed E-state index contributed by atoms with van der Waals surface area (Å²) in [6, 6.07) is 3.54. The van der Waals surface area contributed by atoms with Crippen LogP contribution in [-0.2, 0) is 0 Å². The molecule has 18 heavy (non-hydrogen) atoms. The maximum Gasteiger partial charge on any atom is 0.259 e. The molecule has 0 fully saturated rings. The van der Waals surface area contributed by atoms with Gasteiger partial charge in [-0.25, -0.2) is 0 Å². The van der Waals surface area contributed by atoms with E-state index in [-0.39, 0.29) is 5.91 Å². The molecule has 7 heteroatoms. The van der Waals surface area contributed by atoms with Crippen LogP contribution >= 0.6 is 31.9 Å². The fourth-order valence-corrected chi connectivity index (χ4v) is 2.84. The van der Waals surface area contributed by atoms with Crippen molar-refractivity contribution in [2.24, 2.45) is 0 Å². The van der Waals surface area contributed by atoms with E-state index in [2.05, 4.69) is 47.4 Å². The van der Waals surface area contributed by atoms with Crippen LogP contribution in [0.15, 0.2) is 27.3 Å². The molecule has 0 aliphatic heterocycles. The molecule has 2 rings (SSSR count). The number of aryl methyl sites for hydroxylation is 1. The number of H-pyrrole nitrogens is 1. The van der Waals surface area contributed by atoms with Gasteiger partial charge in [0.2, 0.25) is 0 Å². The fraction of sp³-hybridized carbons (Fsp3) is 0.0909. The lowest BCUT2D eigenvalue weighted by Gasteiger charge is -2.10. The predicted molar refractivity (Wildman–Crippen MR) is 77.5 cm³/mol. The number of hydrogen-bond donors (Lipinski definition) is 3. The first-order valence-electron chi connectivity index (χ1n) is 5.05. The van der Waals surface area contributed by atoms with E-state index in [9.17, 15) is 4.79 Å². The van der Waals surface area contributed by atoms with Crippen molar-refractivity contribution in [1.29, 1.82) is 0 Å². The van der Waals surface area contributed by atoms with E-state index < -0.39 is 0 Å². The van der Waals surface area contributed by atoms with Crippen molar-refractivity contribution in [2.75, 3.05) is 11.1 Å². The number of carbonyl (C=O) groups excluding carboxylic acids is 1. The molecule has 0 spiro atoms. The van der Waals surface area contributed by atoms with Crippen molar-refractivity contribution in [3.05, 3.63) is 38.5 Å². The molecule has 0 aliphatic carbocycles. The standard InChI is InChI=1S/C11H10Br2N4O/c1-5-7(4-15-17-5)11(18)16-10-8(13)2-6(12)3-9(10)14/h2-4H,14H2,1H3,(H,15,17)(H,16,18). The lowest BCUT2D eigenvalue weighted by atomic mass is 10.2. The molecule has 5 nitrogen and oxygen atoms in total. The van der Waals surface area contributed by atoms with E-state index in [0.717, 1.165) is 4.47 Å². The van der Waals surface area contributed by atoms with Crippen LogP contribution < -0.4 is 11.1 Å². The molecule has 1 heterocycles. The van der Waals surface area contributed by atoms with Gasteiger partial charge in [0.1, 0.15) is 0 Å². The Morgan fingerprint density at radius 2 is 2.17 bits per heavy atom. The Bertz CT molecular complexity index is 586. The Morgan fingerprint density at radius 3 is 2.72 bits per heavy atom. The van der Waals surface area contributed by atoms with Crippen molar-refractivity contribution in [2.45, 2.75) is 6.92 Å². The second-order valence-corrected chi connectivity index (χ2v) is 5.48. The normalized spacial score (nSPS) is 10.4. The quantitative estimate of drug-likeness (QED) is 0.707. The first-order valence-corrected chi connectivity index (χ1v) is 6.63. The third-order valence-electron chi connectivity index (χ3n) is 2.40. The smallest absolute Gasteiger partial charge is 0.259 e. The number of hydrogen-bond acceptors (Lipinski definition) is 3. The highest BCUT2D eigenvalue weighted by molar-refractivity contribution is 9.11. The summed E-state index contributed by atoms with van der Waals surface area (Å²) in [4.78, 5) is 12.0. The zero-order valence-electron chi connectivity index (χ0n) is 9.42. The maximum atomic E-state index is 12.0. The minimum Gasteiger partial charge on any atom is -0.397 e. The van der Waals surface area contributed by atoms with Crippen LogP contribution in [0.3, 0.4) is 0 Å². The monoisotopic (exact) mass is 372 g/mol. The topological polar surface area (TPSA) is 83.8 Å². The third kappa shape index (κ3) is 2.56. The number of aromatic nitrogens is 2. The molecule has 1 aromatic carbocycles. The first kappa shape index (κ1) is 13.1. The predicted octanol–water partition coefficient (Wildman–Crippen LogP) is 3.08. The number of rotatable bonds is 2. The van der Waals surface area contributed by atoms with Crippen molar-refractivity contribution >= 4 is 49.1 Å². The summed E-state index contributed by atoms with van der Waals surface area (Å²) >= 11 is 6.69. The number of nitrogen functional groups attached to an aromatic ring is 1. The van der Waals surface area contributed by atoms with Crippen LogP contribution in [0.2, 0.25) is 0 Å². The Labute approximate surface area is 120 Å². The lowest BCUT2D eigenvalue weighted by Crippen LogP contribution is -2.14. The minimum atomic E-state index is -0.254. The molecule has 0 aliphatic rings. The van der Waals surface area contributed by atoms with Gasteiger partial charge in [-0.3, -0.25) is 9.89 Å². The molecule has 0 unspecified atom stereocenters. The van der Waals surface area contributed by atoms with Crippen molar-refractivity contribution in [3.63, 3.8) is 0 Å². The highest BCUT2D eigenvalue weighted by Crippen LogP contribution is 2.32. The molecule has 4 N–H and O–H groups in total. The Balaban J connectivity index is 2.31. The average molecular weight is 374 g/mol. The second-order valence-electron chi connectivity index (χ2n) is 3.71. The summed E-state index contributed by atoms with van der Waals surface area (Å²) in [5.41, 5.74) is 8.08. The van der Waals surface area contributed by atoms with Crippen LogP contribution in [0.4, 0.5) is 11.4 Å². The number of halogens is 2. The highest BCUT2D eigenvalue weighted by atomic mass is 79.9. The van der Waals surface area contributed by atoms with Gasteiger partial charge in [0.25, 0.3) is 5.91 Å². The number of nitrogens with one attached hydrogen (secondary N) is 2. The molecular weight excluding hydrogens is 364 g/mol. The average Bonchev–Trinajstić information content (AvgIpc) is 2.69. The van der Waals surface area contributed by atoms with E-state index in [0.29, 0.717) is 27.1 Å². The van der Waals surface area contributed by atoms with E-state index in [4.69, 9.17) is 5.73 Å². The molecule has 1 aromatic heterocycles. The summed E-state index contributed by atoms with van der Waals surface area (Å²) in [7, 11) is 0. The molecule has 0 bridgehead atoms. The summed E-state index contributed by atoms with van der Waals surface area (Å²) in [6.45, 7) is 1.78. The molecule has 0 saturated carbocycles. The summed E-state index contributed by atoms with van der Waals surface area (Å²) in [5, 5.41) is 9.28. The van der Waals surface area contributed by atoms with Gasteiger partial charge in [-0.15, -0.1) is 0 Å². The van der Waals surface area contributed by atoms with Crippen LogP contribution in [0.1, 0.15) is 16.1 Å². The maximum absolute atomic E-state index is 12.0. The van der Waals surface area contributed by atoms with E-state index in [1.165, 1.54) is 6.20 Å². The number of anilines is 2. The summed E-state index contributed by atoms with van der Waals surface area (Å²) in [5.74, 6) is -0.254. The Kier molecular flexibility index (Phi) is 3.72. The van der Waals surface area contributed by atoms with Gasteiger partial charge in [-0.1, -0.05) is 15.9 Å². The molecule has 0 saturated heterocycles. The first-order chi connectivity index (χ1) is 8.49.